The molecule has 0 atom stereocenters. The third-order valence-corrected chi connectivity index (χ3v) is 5.28. The van der Waals surface area contributed by atoms with E-state index in [1.54, 1.807) is 0 Å². The van der Waals surface area contributed by atoms with Crippen LogP contribution in [-0.2, 0) is 7.05 Å². The topological polar surface area (TPSA) is 26.1 Å². The summed E-state index contributed by atoms with van der Waals surface area (Å²) in [5.41, 5.74) is 6.77. The molecule has 4 heteroatoms. The van der Waals surface area contributed by atoms with Crippen LogP contribution >= 0.6 is 0 Å². The van der Waals surface area contributed by atoms with Gasteiger partial charge in [-0.2, -0.15) is 4.98 Å². The summed E-state index contributed by atoms with van der Waals surface area (Å²) in [4.78, 5) is 4.89. The normalized spacial score (nSPS) is 11.5. The number of aromatic nitrogens is 4. The van der Waals surface area contributed by atoms with Crippen molar-refractivity contribution in [2.75, 3.05) is 0 Å². The first kappa shape index (κ1) is 15.8. The number of pyridine rings is 1. The van der Waals surface area contributed by atoms with Gasteiger partial charge in [0.15, 0.2) is 0 Å². The highest BCUT2D eigenvalue weighted by atomic mass is 15.3. The molecule has 0 radical (unpaired) electrons. The summed E-state index contributed by atoms with van der Waals surface area (Å²) >= 11 is 0. The lowest BCUT2D eigenvalue weighted by molar-refractivity contribution is -0.669. The van der Waals surface area contributed by atoms with Gasteiger partial charge in [0.05, 0.1) is 23.8 Å². The Morgan fingerprint density at radius 3 is 2.37 bits per heavy atom. The fraction of sp³-hybridized carbons (Fsp3) is 0.130. The van der Waals surface area contributed by atoms with E-state index in [-0.39, 0.29) is 0 Å². The smallest absolute Gasteiger partial charge is 0.303 e. The molecule has 27 heavy (non-hydrogen) atoms. The van der Waals surface area contributed by atoms with E-state index in [9.17, 15) is 0 Å². The zero-order valence-electron chi connectivity index (χ0n) is 15.6. The lowest BCUT2D eigenvalue weighted by Crippen LogP contribution is -2.34. The van der Waals surface area contributed by atoms with Crippen LogP contribution in [0.25, 0.3) is 33.8 Å². The van der Waals surface area contributed by atoms with Gasteiger partial charge in [-0.3, -0.25) is 4.40 Å². The Bertz CT molecular complexity index is 1290. The Balaban J connectivity index is 1.75. The Morgan fingerprint density at radius 2 is 1.59 bits per heavy atom. The number of benzene rings is 2. The van der Waals surface area contributed by atoms with Gasteiger partial charge in [0.25, 0.3) is 0 Å². The largest absolute Gasteiger partial charge is 0.315 e. The van der Waals surface area contributed by atoms with E-state index in [1.807, 2.05) is 23.7 Å². The molecule has 0 aliphatic heterocycles. The number of aryl methyl sites for hydroxylation is 2. The second-order valence-electron chi connectivity index (χ2n) is 6.88. The summed E-state index contributed by atoms with van der Waals surface area (Å²) in [6.45, 7) is 4.29. The number of rotatable bonds is 2. The minimum Gasteiger partial charge on any atom is -0.315 e. The molecule has 0 spiro atoms. The Kier molecular flexibility index (Phi) is 3.41. The first-order valence-electron chi connectivity index (χ1n) is 9.08. The third kappa shape index (κ3) is 2.30. The summed E-state index contributed by atoms with van der Waals surface area (Å²) in [6, 6.07) is 22.9. The molecule has 0 bridgehead atoms. The van der Waals surface area contributed by atoms with E-state index in [0.29, 0.717) is 0 Å². The van der Waals surface area contributed by atoms with Crippen LogP contribution in [0.1, 0.15) is 11.4 Å². The minimum absolute atomic E-state index is 0.933. The molecule has 4 nitrogen and oxygen atoms in total. The molecule has 0 amide bonds. The molecule has 0 fully saturated rings. The molecule has 0 aliphatic rings. The molecular weight excluding hydrogens is 332 g/mol. The number of para-hydroxylation sites is 2. The molecule has 132 valence electrons. The minimum atomic E-state index is 0.933. The van der Waals surface area contributed by atoms with Crippen LogP contribution < -0.4 is 4.57 Å². The number of nitrogens with zero attached hydrogens (tertiary/aromatic N) is 4. The van der Waals surface area contributed by atoms with Gasteiger partial charge in [0.1, 0.15) is 5.69 Å². The standard InChI is InChI=1S/C23H20N4/c1-16-17(2)27(23-24-20-11-7-8-12-21(20)26(16)23)22-14-13-19(15-25(22)3)18-9-5-4-6-10-18/h4-14H,1-3H3. The van der Waals surface area contributed by atoms with Crippen LogP contribution in [0.15, 0.2) is 66.7 Å². The number of hydrogen-bond donors (Lipinski definition) is 0. The van der Waals surface area contributed by atoms with Crippen molar-refractivity contribution in [3.8, 4) is 16.9 Å². The van der Waals surface area contributed by atoms with Crippen molar-refractivity contribution in [2.24, 2.45) is 7.05 Å². The highest BCUT2D eigenvalue weighted by Gasteiger charge is 2.22. The quantitative estimate of drug-likeness (QED) is 0.346. The Hall–Kier alpha value is -3.40. The van der Waals surface area contributed by atoms with E-state index in [1.165, 1.54) is 11.4 Å². The van der Waals surface area contributed by atoms with Gasteiger partial charge in [-0.25, -0.2) is 4.57 Å². The maximum atomic E-state index is 4.89. The van der Waals surface area contributed by atoms with E-state index in [2.05, 4.69) is 83.6 Å². The molecule has 3 aromatic heterocycles. The highest BCUT2D eigenvalue weighted by molar-refractivity contribution is 5.80. The van der Waals surface area contributed by atoms with Crippen molar-refractivity contribution in [3.05, 3.63) is 84.3 Å². The van der Waals surface area contributed by atoms with Gasteiger partial charge < -0.3 is 4.57 Å². The first-order valence-corrected chi connectivity index (χ1v) is 9.08. The number of fused-ring (bicyclic) bond motifs is 3. The van der Waals surface area contributed by atoms with Crippen LogP contribution in [0.4, 0.5) is 0 Å². The molecule has 0 N–H and O–H groups in total. The molecular formula is C23H20N4. The number of imidazole rings is 2. The SMILES string of the molecule is Cc1c(C)n2c3ccccc3nc2n1-c1ccc(-c2ccccc2)[c-][n+]1C. The molecule has 3 heterocycles. The maximum absolute atomic E-state index is 4.89. The van der Waals surface area contributed by atoms with Gasteiger partial charge >= 0.3 is 5.78 Å². The van der Waals surface area contributed by atoms with Crippen molar-refractivity contribution in [2.45, 2.75) is 13.8 Å². The average Bonchev–Trinajstić information content (AvgIpc) is 3.18. The Labute approximate surface area is 158 Å². The van der Waals surface area contributed by atoms with Crippen molar-refractivity contribution in [1.29, 1.82) is 0 Å². The maximum Gasteiger partial charge on any atom is 0.303 e. The van der Waals surface area contributed by atoms with Crippen LogP contribution in [0.3, 0.4) is 0 Å². The highest BCUT2D eigenvalue weighted by Crippen LogP contribution is 2.26. The predicted octanol–water partition coefficient (Wildman–Crippen LogP) is 4.19. The summed E-state index contributed by atoms with van der Waals surface area (Å²) in [6.07, 6.45) is 3.48. The van der Waals surface area contributed by atoms with Crippen LogP contribution in [0.5, 0.6) is 0 Å². The zero-order chi connectivity index (χ0) is 18.5. The zero-order valence-corrected chi connectivity index (χ0v) is 15.6. The summed E-state index contributed by atoms with van der Waals surface area (Å²) in [5.74, 6) is 1.98. The van der Waals surface area contributed by atoms with E-state index >= 15 is 0 Å². The van der Waals surface area contributed by atoms with E-state index in [4.69, 9.17) is 4.98 Å². The van der Waals surface area contributed by atoms with Gasteiger partial charge in [-0.1, -0.05) is 54.1 Å². The van der Waals surface area contributed by atoms with Gasteiger partial charge in [0, 0.05) is 6.20 Å². The monoisotopic (exact) mass is 352 g/mol. The second kappa shape index (κ2) is 5.81. The van der Waals surface area contributed by atoms with Crippen LogP contribution in [0.2, 0.25) is 0 Å². The molecule has 5 aromatic rings. The number of hydrogen-bond acceptors (Lipinski definition) is 1. The predicted molar refractivity (Wildman–Crippen MR) is 107 cm³/mol. The molecule has 0 saturated heterocycles. The fourth-order valence-electron chi connectivity index (χ4n) is 3.79. The third-order valence-electron chi connectivity index (χ3n) is 5.28. The fourth-order valence-corrected chi connectivity index (χ4v) is 3.79. The molecule has 0 unspecified atom stereocenters. The molecule has 0 saturated carbocycles. The molecule has 5 rings (SSSR count). The van der Waals surface area contributed by atoms with Crippen molar-refractivity contribution in [1.82, 2.24) is 14.0 Å². The average molecular weight is 352 g/mol. The molecule has 2 aromatic carbocycles. The second-order valence-corrected chi connectivity index (χ2v) is 6.88. The first-order chi connectivity index (χ1) is 13.1. The molecule has 0 aliphatic carbocycles. The summed E-state index contributed by atoms with van der Waals surface area (Å²) in [5, 5.41) is 0. The van der Waals surface area contributed by atoms with Gasteiger partial charge in [-0.15, -0.1) is 11.6 Å². The van der Waals surface area contributed by atoms with Crippen LogP contribution in [0, 0.1) is 20.0 Å². The van der Waals surface area contributed by atoms with Crippen molar-refractivity contribution >= 4 is 16.8 Å². The Morgan fingerprint density at radius 1 is 0.852 bits per heavy atom. The summed E-state index contributed by atoms with van der Waals surface area (Å²) in [7, 11) is 2.04. The van der Waals surface area contributed by atoms with Crippen molar-refractivity contribution < 1.29 is 4.57 Å². The van der Waals surface area contributed by atoms with E-state index < -0.39 is 0 Å². The lowest BCUT2D eigenvalue weighted by Gasteiger charge is -2.13. The van der Waals surface area contributed by atoms with Crippen LogP contribution in [-0.4, -0.2) is 14.0 Å². The van der Waals surface area contributed by atoms with Crippen molar-refractivity contribution in [3.63, 3.8) is 0 Å². The lowest BCUT2D eigenvalue weighted by atomic mass is 10.1. The van der Waals surface area contributed by atoms with Gasteiger partial charge in [-0.05, 0) is 26.0 Å². The summed E-state index contributed by atoms with van der Waals surface area (Å²) < 4.78 is 6.49. The van der Waals surface area contributed by atoms with Gasteiger partial charge in [0.2, 0.25) is 5.82 Å². The van der Waals surface area contributed by atoms with E-state index in [0.717, 1.165) is 33.8 Å².